The Morgan fingerprint density at radius 3 is 3.04 bits per heavy atom. The molecule has 1 saturated carbocycles. The van der Waals surface area contributed by atoms with Crippen molar-refractivity contribution in [2.45, 2.75) is 31.2 Å². The quantitative estimate of drug-likeness (QED) is 0.467. The third-order valence-corrected chi connectivity index (χ3v) is 5.29. The molecule has 0 bridgehead atoms. The van der Waals surface area contributed by atoms with Crippen molar-refractivity contribution in [2.24, 2.45) is 5.92 Å². The van der Waals surface area contributed by atoms with Gasteiger partial charge in [-0.05, 0) is 31.7 Å². The number of hydrogen-bond donors (Lipinski definition) is 4. The number of aromatic nitrogens is 2. The van der Waals surface area contributed by atoms with E-state index in [-0.39, 0.29) is 18.1 Å². The molecule has 8 nitrogen and oxygen atoms in total. The Hall–Kier alpha value is -2.48. The van der Waals surface area contributed by atoms with E-state index in [0.29, 0.717) is 24.8 Å². The van der Waals surface area contributed by atoms with Gasteiger partial charge in [-0.3, -0.25) is 4.79 Å². The van der Waals surface area contributed by atoms with Gasteiger partial charge in [-0.25, -0.2) is 9.97 Å². The Balaban J connectivity index is 1.72. The van der Waals surface area contributed by atoms with Crippen molar-refractivity contribution in [1.29, 1.82) is 5.41 Å². The van der Waals surface area contributed by atoms with Crippen molar-refractivity contribution in [1.82, 2.24) is 20.2 Å². The number of carbonyl (C=O) groups excluding carboxylic acids is 1. The minimum atomic E-state index is -0.760. The average molecular weight is 342 g/mol. The van der Waals surface area contributed by atoms with Gasteiger partial charge in [0.05, 0.1) is 17.9 Å². The molecule has 4 rings (SSSR count). The fourth-order valence-electron chi connectivity index (χ4n) is 3.65. The molecule has 1 aromatic heterocycles. The second-order valence-electron chi connectivity index (χ2n) is 6.99. The van der Waals surface area contributed by atoms with E-state index in [0.717, 1.165) is 36.8 Å². The lowest BCUT2D eigenvalue weighted by molar-refractivity contribution is -0.136. The van der Waals surface area contributed by atoms with Gasteiger partial charge < -0.3 is 26.0 Å². The first-order chi connectivity index (χ1) is 12.2. The molecule has 1 aromatic rings. The number of allylic oxidation sites excluding steroid dienone is 1. The van der Waals surface area contributed by atoms with Crippen molar-refractivity contribution < 1.29 is 9.90 Å². The molecule has 1 spiro atoms. The second kappa shape index (κ2) is 6.11. The molecule has 1 unspecified atom stereocenters. The predicted molar refractivity (Wildman–Crippen MR) is 92.5 cm³/mol. The standard InChI is InChI=1S/C17H22N6O2/c18-5-13(9-24)23-8-12-7-21-16(20-6-11-1-2-11)22-14(12)17(15(23)25)3-4-19-10-17/h5,7,9,11,18-19,24H,1-4,6,8,10H2,(H,20,21,22)/b13-9+,18-5?. The summed E-state index contributed by atoms with van der Waals surface area (Å²) in [5, 5.41) is 23.4. The molecule has 0 aromatic carbocycles. The zero-order valence-corrected chi connectivity index (χ0v) is 14.0. The summed E-state index contributed by atoms with van der Waals surface area (Å²) in [5.41, 5.74) is 1.05. The first-order valence-corrected chi connectivity index (χ1v) is 8.66. The Bertz CT molecular complexity index is 737. The summed E-state index contributed by atoms with van der Waals surface area (Å²) in [5.74, 6) is 1.16. The molecule has 4 N–H and O–H groups in total. The van der Waals surface area contributed by atoms with Gasteiger partial charge in [0.15, 0.2) is 0 Å². The summed E-state index contributed by atoms with van der Waals surface area (Å²) in [6.07, 6.45) is 6.70. The van der Waals surface area contributed by atoms with E-state index in [9.17, 15) is 9.90 Å². The number of aliphatic hydroxyl groups excluding tert-OH is 1. The predicted octanol–water partition coefficient (Wildman–Crippen LogP) is 0.921. The molecule has 25 heavy (non-hydrogen) atoms. The van der Waals surface area contributed by atoms with E-state index in [1.807, 2.05) is 0 Å². The third-order valence-electron chi connectivity index (χ3n) is 5.29. The molecule has 2 aliphatic heterocycles. The first kappa shape index (κ1) is 16.0. The van der Waals surface area contributed by atoms with Crippen molar-refractivity contribution in [3.05, 3.63) is 29.4 Å². The summed E-state index contributed by atoms with van der Waals surface area (Å²) >= 11 is 0. The SMILES string of the molecule is N=C/C(=C\O)N1Cc2cnc(NCC3CC3)nc2C2(CCNC2)C1=O. The van der Waals surface area contributed by atoms with Crippen LogP contribution in [0.4, 0.5) is 5.95 Å². The first-order valence-electron chi connectivity index (χ1n) is 8.66. The van der Waals surface area contributed by atoms with E-state index in [4.69, 9.17) is 10.4 Å². The third kappa shape index (κ3) is 2.66. The minimum absolute atomic E-state index is 0.124. The molecule has 2 fully saturated rings. The molecule has 1 atom stereocenters. The van der Waals surface area contributed by atoms with Gasteiger partial charge in [-0.2, -0.15) is 0 Å². The van der Waals surface area contributed by atoms with Crippen LogP contribution in [0, 0.1) is 11.3 Å². The Labute approximate surface area is 145 Å². The van der Waals surface area contributed by atoms with Crippen LogP contribution in [0.25, 0.3) is 0 Å². The number of fused-ring (bicyclic) bond motifs is 2. The lowest BCUT2D eigenvalue weighted by atomic mass is 9.77. The van der Waals surface area contributed by atoms with Crippen LogP contribution >= 0.6 is 0 Å². The number of aliphatic hydroxyl groups is 1. The fraction of sp³-hybridized carbons (Fsp3) is 0.529. The maximum Gasteiger partial charge on any atom is 0.241 e. The molecule has 3 heterocycles. The van der Waals surface area contributed by atoms with Crippen molar-refractivity contribution in [2.75, 3.05) is 25.0 Å². The van der Waals surface area contributed by atoms with Gasteiger partial charge in [-0.15, -0.1) is 0 Å². The monoisotopic (exact) mass is 342 g/mol. The molecule has 3 aliphatic rings. The van der Waals surface area contributed by atoms with Crippen LogP contribution < -0.4 is 10.6 Å². The smallest absolute Gasteiger partial charge is 0.241 e. The second-order valence-corrected chi connectivity index (χ2v) is 6.99. The zero-order chi connectivity index (χ0) is 17.4. The molecular formula is C17H22N6O2. The van der Waals surface area contributed by atoms with E-state index in [2.05, 4.69) is 15.6 Å². The Morgan fingerprint density at radius 1 is 1.56 bits per heavy atom. The largest absolute Gasteiger partial charge is 0.513 e. The zero-order valence-electron chi connectivity index (χ0n) is 14.0. The topological polar surface area (TPSA) is 114 Å². The molecule has 1 saturated heterocycles. The molecular weight excluding hydrogens is 320 g/mol. The number of hydrogen-bond acceptors (Lipinski definition) is 7. The van der Waals surface area contributed by atoms with Gasteiger partial charge in [-0.1, -0.05) is 0 Å². The van der Waals surface area contributed by atoms with Gasteiger partial charge in [0.2, 0.25) is 11.9 Å². The van der Waals surface area contributed by atoms with Gasteiger partial charge >= 0.3 is 0 Å². The van der Waals surface area contributed by atoms with E-state index in [1.165, 1.54) is 17.7 Å². The van der Waals surface area contributed by atoms with E-state index < -0.39 is 5.41 Å². The van der Waals surface area contributed by atoms with Crippen LogP contribution in [0.1, 0.15) is 30.5 Å². The number of amides is 1. The summed E-state index contributed by atoms with van der Waals surface area (Å²) in [6, 6.07) is 0. The molecule has 0 radical (unpaired) electrons. The summed E-state index contributed by atoms with van der Waals surface area (Å²) < 4.78 is 0. The summed E-state index contributed by atoms with van der Waals surface area (Å²) in [6.45, 7) is 2.37. The number of carbonyl (C=O) groups is 1. The van der Waals surface area contributed by atoms with Crippen LogP contribution in [0.5, 0.6) is 0 Å². The molecule has 1 aliphatic carbocycles. The maximum absolute atomic E-state index is 13.2. The van der Waals surface area contributed by atoms with E-state index in [1.54, 1.807) is 6.20 Å². The van der Waals surface area contributed by atoms with Gasteiger partial charge in [0.25, 0.3) is 0 Å². The van der Waals surface area contributed by atoms with Crippen LogP contribution in [0.2, 0.25) is 0 Å². The fourth-order valence-corrected chi connectivity index (χ4v) is 3.65. The van der Waals surface area contributed by atoms with Crippen LogP contribution in [0.15, 0.2) is 18.2 Å². The van der Waals surface area contributed by atoms with Gasteiger partial charge in [0, 0.05) is 31.1 Å². The number of nitrogens with zero attached hydrogens (tertiary/aromatic N) is 3. The van der Waals surface area contributed by atoms with Gasteiger partial charge in [0.1, 0.15) is 11.7 Å². The summed E-state index contributed by atoms with van der Waals surface area (Å²) in [7, 11) is 0. The average Bonchev–Trinajstić information content (AvgIpc) is 3.34. The minimum Gasteiger partial charge on any atom is -0.513 e. The molecule has 8 heteroatoms. The highest BCUT2D eigenvalue weighted by atomic mass is 16.2. The number of nitrogens with one attached hydrogen (secondary N) is 3. The van der Waals surface area contributed by atoms with Crippen molar-refractivity contribution in [3.63, 3.8) is 0 Å². The Morgan fingerprint density at radius 2 is 2.40 bits per heavy atom. The van der Waals surface area contributed by atoms with Crippen molar-refractivity contribution in [3.8, 4) is 0 Å². The normalized spacial score (nSPS) is 26.0. The lowest BCUT2D eigenvalue weighted by Crippen LogP contribution is -2.52. The summed E-state index contributed by atoms with van der Waals surface area (Å²) in [4.78, 5) is 23.7. The maximum atomic E-state index is 13.2. The lowest BCUT2D eigenvalue weighted by Gasteiger charge is -2.39. The van der Waals surface area contributed by atoms with Crippen molar-refractivity contribution >= 4 is 18.1 Å². The molecule has 132 valence electrons. The number of anilines is 1. The van der Waals surface area contributed by atoms with Crippen LogP contribution in [-0.2, 0) is 16.8 Å². The van der Waals surface area contributed by atoms with Crippen LogP contribution in [0.3, 0.4) is 0 Å². The molecule has 1 amide bonds. The highest BCUT2D eigenvalue weighted by Gasteiger charge is 2.51. The van der Waals surface area contributed by atoms with E-state index >= 15 is 0 Å². The highest BCUT2D eigenvalue weighted by molar-refractivity contribution is 5.95. The number of rotatable bonds is 5. The highest BCUT2D eigenvalue weighted by Crippen LogP contribution is 2.39. The Kier molecular flexibility index (Phi) is 3.91. The van der Waals surface area contributed by atoms with Crippen LogP contribution in [-0.4, -0.2) is 51.7 Å².